The molecule has 2 aromatic rings. The third kappa shape index (κ3) is 3.92. The molecule has 21 heavy (non-hydrogen) atoms. The van der Waals surface area contributed by atoms with E-state index in [1.165, 1.54) is 6.07 Å². The van der Waals surface area contributed by atoms with Gasteiger partial charge in [-0.2, -0.15) is 0 Å². The summed E-state index contributed by atoms with van der Waals surface area (Å²) in [4.78, 5) is 24.4. The maximum absolute atomic E-state index is 11.7. The summed E-state index contributed by atoms with van der Waals surface area (Å²) in [7, 11) is 0. The molecule has 0 unspecified atom stereocenters. The van der Waals surface area contributed by atoms with Gasteiger partial charge < -0.3 is 9.52 Å². The molecule has 6 heteroatoms. The third-order valence-electron chi connectivity index (χ3n) is 3.23. The number of nitrogens with zero attached hydrogens (tertiary/aromatic N) is 1. The maximum Gasteiger partial charge on any atom is 0.336 e. The fraction of sp³-hybridized carbons (Fsp3) is 0.333. The Morgan fingerprint density at radius 1 is 1.38 bits per heavy atom. The first kappa shape index (κ1) is 15.7. The number of fused-ring (bicyclic) bond motifs is 1. The molecule has 1 heterocycles. The summed E-state index contributed by atoms with van der Waals surface area (Å²) in [6, 6.07) is 6.93. The van der Waals surface area contributed by atoms with Crippen molar-refractivity contribution in [1.29, 1.82) is 0 Å². The highest BCUT2D eigenvalue weighted by Gasteiger charge is 2.16. The second-order valence-electron chi connectivity index (χ2n) is 5.12. The third-order valence-corrected chi connectivity index (χ3v) is 3.73. The Labute approximate surface area is 130 Å². The fourth-order valence-electron chi connectivity index (χ4n) is 2.15. The van der Waals surface area contributed by atoms with Crippen LogP contribution in [0.25, 0.3) is 11.0 Å². The Kier molecular flexibility index (Phi) is 4.80. The first-order valence-electron chi connectivity index (χ1n) is 6.55. The monoisotopic (exact) mass is 353 g/mol. The Bertz CT molecular complexity index is 723. The lowest BCUT2D eigenvalue weighted by Crippen LogP contribution is -2.35. The Balaban J connectivity index is 2.45. The second-order valence-corrected chi connectivity index (χ2v) is 6.04. The second kappa shape index (κ2) is 6.41. The number of benzene rings is 1. The normalized spacial score (nSPS) is 11.5. The molecule has 0 saturated carbocycles. The van der Waals surface area contributed by atoms with Gasteiger partial charge in [-0.15, -0.1) is 0 Å². The zero-order valence-corrected chi connectivity index (χ0v) is 13.4. The number of carboxylic acids is 1. The number of hydrogen-bond donors (Lipinski definition) is 1. The zero-order chi connectivity index (χ0) is 15.6. The smallest absolute Gasteiger partial charge is 0.336 e. The van der Waals surface area contributed by atoms with E-state index in [2.05, 4.69) is 15.9 Å². The average Bonchev–Trinajstić information content (AvgIpc) is 2.36. The summed E-state index contributed by atoms with van der Waals surface area (Å²) < 4.78 is 6.01. The summed E-state index contributed by atoms with van der Waals surface area (Å²) in [5.41, 5.74) is 0.823. The van der Waals surface area contributed by atoms with E-state index in [0.717, 1.165) is 15.4 Å². The lowest BCUT2D eigenvalue weighted by molar-refractivity contribution is -0.138. The molecule has 0 aliphatic heterocycles. The van der Waals surface area contributed by atoms with E-state index < -0.39 is 11.6 Å². The SMILES string of the molecule is CC(C)N(CC(=O)O)Cc1cc(=O)oc2cc(Br)ccc12. The van der Waals surface area contributed by atoms with Crippen LogP contribution < -0.4 is 5.63 Å². The van der Waals surface area contributed by atoms with Crippen molar-refractivity contribution in [1.82, 2.24) is 4.90 Å². The van der Waals surface area contributed by atoms with Crippen LogP contribution in [0.3, 0.4) is 0 Å². The minimum Gasteiger partial charge on any atom is -0.480 e. The van der Waals surface area contributed by atoms with Crippen molar-refractivity contribution in [2.24, 2.45) is 0 Å². The molecule has 0 radical (unpaired) electrons. The zero-order valence-electron chi connectivity index (χ0n) is 11.8. The lowest BCUT2D eigenvalue weighted by atomic mass is 10.1. The summed E-state index contributed by atoms with van der Waals surface area (Å²) in [5.74, 6) is -0.890. The predicted molar refractivity (Wildman–Crippen MR) is 83.4 cm³/mol. The van der Waals surface area contributed by atoms with Crippen molar-refractivity contribution in [3.8, 4) is 0 Å². The number of carbonyl (C=O) groups is 1. The van der Waals surface area contributed by atoms with Crippen molar-refractivity contribution >= 4 is 32.9 Å². The molecule has 1 aromatic carbocycles. The van der Waals surface area contributed by atoms with E-state index in [9.17, 15) is 9.59 Å². The number of hydrogen-bond acceptors (Lipinski definition) is 4. The summed E-state index contributed by atoms with van der Waals surface area (Å²) in [5, 5.41) is 9.80. The van der Waals surface area contributed by atoms with Crippen LogP contribution >= 0.6 is 15.9 Å². The van der Waals surface area contributed by atoms with Gasteiger partial charge >= 0.3 is 11.6 Å². The average molecular weight is 354 g/mol. The molecule has 0 aliphatic rings. The molecule has 0 atom stereocenters. The van der Waals surface area contributed by atoms with E-state index in [0.29, 0.717) is 12.1 Å². The van der Waals surface area contributed by atoms with E-state index in [1.807, 2.05) is 26.0 Å². The van der Waals surface area contributed by atoms with Gasteiger partial charge in [0.1, 0.15) is 5.58 Å². The Morgan fingerprint density at radius 3 is 2.71 bits per heavy atom. The molecule has 0 amide bonds. The van der Waals surface area contributed by atoms with Crippen LogP contribution in [0.15, 0.2) is 37.9 Å². The van der Waals surface area contributed by atoms with Crippen molar-refractivity contribution < 1.29 is 14.3 Å². The van der Waals surface area contributed by atoms with Crippen molar-refractivity contribution in [2.45, 2.75) is 26.4 Å². The molecule has 0 saturated heterocycles. The molecule has 2 rings (SSSR count). The van der Waals surface area contributed by atoms with Gasteiger partial charge in [-0.1, -0.05) is 15.9 Å². The van der Waals surface area contributed by atoms with E-state index >= 15 is 0 Å². The van der Waals surface area contributed by atoms with Crippen LogP contribution in [0.2, 0.25) is 0 Å². The van der Waals surface area contributed by atoms with Gasteiger partial charge in [-0.05, 0) is 37.6 Å². The molecule has 5 nitrogen and oxygen atoms in total. The summed E-state index contributed by atoms with van der Waals surface area (Å²) in [6.07, 6.45) is 0. The first-order chi connectivity index (χ1) is 9.86. The van der Waals surface area contributed by atoms with E-state index in [-0.39, 0.29) is 12.6 Å². The summed E-state index contributed by atoms with van der Waals surface area (Å²) in [6.45, 7) is 4.16. The number of rotatable bonds is 5. The number of halogens is 1. The van der Waals surface area contributed by atoms with Crippen LogP contribution in [0.1, 0.15) is 19.4 Å². The van der Waals surface area contributed by atoms with Gasteiger partial charge in [-0.3, -0.25) is 9.69 Å². The van der Waals surface area contributed by atoms with Gasteiger partial charge in [0, 0.05) is 28.5 Å². The molecule has 0 fully saturated rings. The quantitative estimate of drug-likeness (QED) is 0.836. The molecular formula is C15H16BrNO4. The van der Waals surface area contributed by atoms with Gasteiger partial charge in [0.05, 0.1) is 6.54 Å². The Morgan fingerprint density at radius 2 is 2.10 bits per heavy atom. The molecule has 1 N–H and O–H groups in total. The largest absolute Gasteiger partial charge is 0.480 e. The summed E-state index contributed by atoms with van der Waals surface area (Å²) >= 11 is 3.34. The van der Waals surface area contributed by atoms with Crippen LogP contribution in [0.4, 0.5) is 0 Å². The highest BCUT2D eigenvalue weighted by atomic mass is 79.9. The fourth-order valence-corrected chi connectivity index (χ4v) is 2.49. The van der Waals surface area contributed by atoms with Gasteiger partial charge in [0.2, 0.25) is 0 Å². The number of carboxylic acid groups (broad SMARTS) is 1. The highest BCUT2D eigenvalue weighted by Crippen LogP contribution is 2.23. The van der Waals surface area contributed by atoms with Crippen LogP contribution in [-0.2, 0) is 11.3 Å². The van der Waals surface area contributed by atoms with Crippen LogP contribution in [0, 0.1) is 0 Å². The van der Waals surface area contributed by atoms with Crippen molar-refractivity contribution in [2.75, 3.05) is 6.54 Å². The van der Waals surface area contributed by atoms with Crippen molar-refractivity contribution in [3.63, 3.8) is 0 Å². The minimum absolute atomic E-state index is 0.0545. The van der Waals surface area contributed by atoms with E-state index in [1.54, 1.807) is 11.0 Å². The molecule has 0 bridgehead atoms. The Hall–Kier alpha value is -1.66. The highest BCUT2D eigenvalue weighted by molar-refractivity contribution is 9.10. The molecule has 112 valence electrons. The molecule has 1 aromatic heterocycles. The van der Waals surface area contributed by atoms with Gasteiger partial charge in [0.25, 0.3) is 0 Å². The maximum atomic E-state index is 11.7. The molecule has 0 aliphatic carbocycles. The first-order valence-corrected chi connectivity index (χ1v) is 7.34. The lowest BCUT2D eigenvalue weighted by Gasteiger charge is -2.24. The van der Waals surface area contributed by atoms with E-state index in [4.69, 9.17) is 9.52 Å². The standard InChI is InChI=1S/C15H16BrNO4/c1-9(2)17(8-14(18)19)7-10-5-15(20)21-13-6-11(16)3-4-12(10)13/h3-6,9H,7-8H2,1-2H3,(H,18,19). The number of aliphatic carboxylic acids is 1. The van der Waals surface area contributed by atoms with Gasteiger partial charge in [-0.25, -0.2) is 4.79 Å². The minimum atomic E-state index is -0.890. The predicted octanol–water partition coefficient (Wildman–Crippen LogP) is 2.85. The van der Waals surface area contributed by atoms with Crippen LogP contribution in [-0.4, -0.2) is 28.6 Å². The molecular weight excluding hydrogens is 338 g/mol. The molecule has 0 spiro atoms. The van der Waals surface area contributed by atoms with Crippen LogP contribution in [0.5, 0.6) is 0 Å². The van der Waals surface area contributed by atoms with Crippen molar-refractivity contribution in [3.05, 3.63) is 44.7 Å². The topological polar surface area (TPSA) is 70.8 Å². The van der Waals surface area contributed by atoms with Gasteiger partial charge in [0.15, 0.2) is 0 Å².